The van der Waals surface area contributed by atoms with E-state index in [2.05, 4.69) is 4.74 Å². The van der Waals surface area contributed by atoms with Crippen molar-refractivity contribution in [1.82, 2.24) is 4.90 Å². The first-order chi connectivity index (χ1) is 9.84. The maximum atomic E-state index is 14.8. The van der Waals surface area contributed by atoms with Gasteiger partial charge in [0, 0.05) is 6.04 Å². The molecule has 128 valence electrons. The highest BCUT2D eigenvalue weighted by Gasteiger charge is 2.59. The predicted molar refractivity (Wildman–Crippen MR) is 76.7 cm³/mol. The normalized spacial score (nSPS) is 28.1. The number of nitrogens with zero attached hydrogens (tertiary/aromatic N) is 1. The van der Waals surface area contributed by atoms with Crippen molar-refractivity contribution in [2.75, 3.05) is 18.9 Å². The summed E-state index contributed by atoms with van der Waals surface area (Å²) in [7, 11) is -4.39. The number of ether oxygens (including phenoxy) is 2. The summed E-state index contributed by atoms with van der Waals surface area (Å²) >= 11 is 0. The number of amides is 1. The molecule has 1 saturated heterocycles. The van der Waals surface area contributed by atoms with Crippen molar-refractivity contribution in [3.05, 3.63) is 0 Å². The first-order valence-corrected chi connectivity index (χ1v) is 8.57. The second-order valence-electron chi connectivity index (χ2n) is 6.19. The van der Waals surface area contributed by atoms with Crippen LogP contribution < -0.4 is 0 Å². The Kier molecular flexibility index (Phi) is 5.11. The molecule has 0 N–H and O–H groups in total. The zero-order chi connectivity index (χ0) is 17.3. The van der Waals surface area contributed by atoms with Crippen LogP contribution in [-0.4, -0.2) is 60.9 Å². The van der Waals surface area contributed by atoms with Crippen LogP contribution in [-0.2, 0) is 24.1 Å². The van der Waals surface area contributed by atoms with Gasteiger partial charge in [0.1, 0.15) is 5.60 Å². The molecule has 0 aromatic heterocycles. The van der Waals surface area contributed by atoms with Crippen LogP contribution in [0, 0.1) is 0 Å². The van der Waals surface area contributed by atoms with Crippen LogP contribution >= 0.6 is 0 Å². The van der Waals surface area contributed by atoms with Gasteiger partial charge in [-0.2, -0.15) is 0 Å². The summed E-state index contributed by atoms with van der Waals surface area (Å²) < 4.78 is 48.5. The lowest BCUT2D eigenvalue weighted by Crippen LogP contribution is -2.63. The Bertz CT molecular complexity index is 555. The molecule has 0 spiro atoms. The Morgan fingerprint density at radius 2 is 1.91 bits per heavy atom. The van der Waals surface area contributed by atoms with Gasteiger partial charge in [0.25, 0.3) is 0 Å². The molecule has 1 heterocycles. The Labute approximate surface area is 129 Å². The molecule has 1 unspecified atom stereocenters. The number of sulfone groups is 1. The third-order valence-electron chi connectivity index (χ3n) is 3.07. The van der Waals surface area contributed by atoms with Crippen molar-refractivity contribution in [2.24, 2.45) is 0 Å². The Balaban J connectivity index is 3.10. The van der Waals surface area contributed by atoms with Gasteiger partial charge >= 0.3 is 17.1 Å². The van der Waals surface area contributed by atoms with E-state index in [1.54, 1.807) is 20.8 Å². The van der Waals surface area contributed by atoms with Crippen LogP contribution in [0.15, 0.2) is 0 Å². The highest BCUT2D eigenvalue weighted by Crippen LogP contribution is 2.31. The molecule has 2 atom stereocenters. The van der Waals surface area contributed by atoms with E-state index in [1.165, 1.54) is 13.8 Å². The third-order valence-corrected chi connectivity index (χ3v) is 5.27. The summed E-state index contributed by atoms with van der Waals surface area (Å²) in [5, 5.41) is -3.27. The molecule has 1 fully saturated rings. The van der Waals surface area contributed by atoms with E-state index in [0.29, 0.717) is 0 Å². The molecule has 22 heavy (non-hydrogen) atoms. The molecule has 7 nitrogen and oxygen atoms in total. The Hall–Kier alpha value is -1.38. The van der Waals surface area contributed by atoms with Crippen LogP contribution in [0.25, 0.3) is 0 Å². The Morgan fingerprint density at radius 1 is 1.36 bits per heavy atom. The molecule has 0 radical (unpaired) electrons. The molecule has 1 amide bonds. The number of carbonyl (C=O) groups is 2. The number of rotatable bonds is 2. The Morgan fingerprint density at radius 3 is 2.36 bits per heavy atom. The second kappa shape index (κ2) is 6.02. The lowest BCUT2D eigenvalue weighted by Gasteiger charge is -2.39. The fraction of sp³-hybridized carbons (Fsp3) is 0.846. The summed E-state index contributed by atoms with van der Waals surface area (Å²) in [4.78, 5) is 24.7. The fourth-order valence-corrected chi connectivity index (χ4v) is 3.74. The van der Waals surface area contributed by atoms with Crippen LogP contribution in [0.5, 0.6) is 0 Å². The van der Waals surface area contributed by atoms with E-state index in [-0.39, 0.29) is 6.61 Å². The monoisotopic (exact) mass is 339 g/mol. The van der Waals surface area contributed by atoms with E-state index < -0.39 is 50.8 Å². The van der Waals surface area contributed by atoms with Crippen LogP contribution in [0.1, 0.15) is 34.6 Å². The minimum Gasteiger partial charge on any atom is -0.463 e. The van der Waals surface area contributed by atoms with Gasteiger partial charge in [0.2, 0.25) is 0 Å². The van der Waals surface area contributed by atoms with E-state index in [9.17, 15) is 22.4 Å². The molecule has 0 saturated carbocycles. The van der Waals surface area contributed by atoms with E-state index in [4.69, 9.17) is 4.74 Å². The summed E-state index contributed by atoms with van der Waals surface area (Å²) in [5.74, 6) is -2.18. The summed E-state index contributed by atoms with van der Waals surface area (Å²) in [6.07, 6.45) is -0.874. The minimum atomic E-state index is -4.39. The van der Waals surface area contributed by atoms with E-state index in [0.717, 1.165) is 4.90 Å². The van der Waals surface area contributed by atoms with Gasteiger partial charge in [0.15, 0.2) is 9.84 Å². The lowest BCUT2D eigenvalue weighted by atomic mass is 10.2. The number of hydrogen-bond donors (Lipinski definition) is 0. The van der Waals surface area contributed by atoms with Gasteiger partial charge in [0.05, 0.1) is 18.9 Å². The molecule has 0 aliphatic carbocycles. The maximum Gasteiger partial charge on any atom is 0.410 e. The highest BCUT2D eigenvalue weighted by molar-refractivity contribution is 7.93. The molecule has 1 aliphatic rings. The molecule has 1 aliphatic heterocycles. The van der Waals surface area contributed by atoms with Crippen molar-refractivity contribution in [3.63, 3.8) is 0 Å². The average Bonchev–Trinajstić information content (AvgIpc) is 2.31. The van der Waals surface area contributed by atoms with E-state index in [1.807, 2.05) is 0 Å². The van der Waals surface area contributed by atoms with Crippen LogP contribution in [0.3, 0.4) is 0 Å². The predicted octanol–water partition coefficient (Wildman–Crippen LogP) is 1.27. The lowest BCUT2D eigenvalue weighted by molar-refractivity contribution is -0.152. The van der Waals surface area contributed by atoms with E-state index >= 15 is 0 Å². The zero-order valence-electron chi connectivity index (χ0n) is 13.4. The van der Waals surface area contributed by atoms with Crippen molar-refractivity contribution < 1.29 is 31.9 Å². The molecule has 0 aromatic rings. The first-order valence-electron chi connectivity index (χ1n) is 6.92. The van der Waals surface area contributed by atoms with Gasteiger partial charge in [-0.15, -0.1) is 0 Å². The third kappa shape index (κ3) is 3.68. The zero-order valence-corrected chi connectivity index (χ0v) is 14.2. The molecule has 0 aromatic carbocycles. The molecular formula is C13H22FNO6S. The highest BCUT2D eigenvalue weighted by atomic mass is 32.2. The first kappa shape index (κ1) is 18.7. The largest absolute Gasteiger partial charge is 0.463 e. The molecule has 1 rings (SSSR count). The number of alkyl halides is 1. The SMILES string of the molecule is CCOC(=O)C1(F)CN(C(=O)OC(C)(C)C)[C@@H](C)CS1(=O)=O. The van der Waals surface area contributed by atoms with Crippen LogP contribution in [0.4, 0.5) is 9.18 Å². The summed E-state index contributed by atoms with van der Waals surface area (Å²) in [5.41, 5.74) is -0.823. The standard InChI is InChI=1S/C13H22FNO6S/c1-6-20-10(16)13(14)8-15(9(2)7-22(13,18)19)11(17)21-12(3,4)5/h9H,6-8H2,1-5H3/t9-,13?/m0/s1. The summed E-state index contributed by atoms with van der Waals surface area (Å²) in [6.45, 7) is 6.67. The topological polar surface area (TPSA) is 90.0 Å². The van der Waals surface area contributed by atoms with Gasteiger partial charge in [-0.1, -0.05) is 0 Å². The van der Waals surface area contributed by atoms with Gasteiger partial charge in [-0.3, -0.25) is 4.90 Å². The second-order valence-corrected chi connectivity index (χ2v) is 8.40. The molecule has 0 bridgehead atoms. The van der Waals surface area contributed by atoms with Crippen molar-refractivity contribution in [3.8, 4) is 0 Å². The summed E-state index contributed by atoms with van der Waals surface area (Å²) in [6, 6.07) is -0.807. The number of esters is 1. The average molecular weight is 339 g/mol. The van der Waals surface area contributed by atoms with Crippen molar-refractivity contribution in [1.29, 1.82) is 0 Å². The van der Waals surface area contributed by atoms with Gasteiger partial charge < -0.3 is 9.47 Å². The number of carbonyl (C=O) groups excluding carboxylic acids is 2. The van der Waals surface area contributed by atoms with Crippen LogP contribution in [0.2, 0.25) is 0 Å². The van der Waals surface area contributed by atoms with Crippen molar-refractivity contribution in [2.45, 2.75) is 51.3 Å². The minimum absolute atomic E-state index is 0.165. The molecular weight excluding hydrogens is 317 g/mol. The van der Waals surface area contributed by atoms with Gasteiger partial charge in [-0.05, 0) is 34.6 Å². The molecule has 9 heteroatoms. The van der Waals surface area contributed by atoms with Gasteiger partial charge in [-0.25, -0.2) is 22.4 Å². The smallest absolute Gasteiger partial charge is 0.410 e. The maximum absolute atomic E-state index is 14.8. The number of hydrogen-bond acceptors (Lipinski definition) is 6. The fourth-order valence-electron chi connectivity index (χ4n) is 2.01. The number of halogens is 1. The van der Waals surface area contributed by atoms with Crippen molar-refractivity contribution >= 4 is 21.9 Å². The quantitative estimate of drug-likeness (QED) is 0.704.